The zero-order valence-corrected chi connectivity index (χ0v) is 19.1. The summed E-state index contributed by atoms with van der Waals surface area (Å²) in [5.74, 6) is -0.0899. The lowest BCUT2D eigenvalue weighted by molar-refractivity contribution is -0.118. The Hall–Kier alpha value is -2.83. The molecule has 1 aromatic heterocycles. The molecule has 7 heteroatoms. The number of hydrogen-bond acceptors (Lipinski definition) is 4. The first kappa shape index (κ1) is 24.4. The maximum atomic E-state index is 13.2. The third kappa shape index (κ3) is 6.57. The van der Waals surface area contributed by atoms with Crippen LogP contribution in [0.5, 0.6) is 0 Å². The lowest BCUT2D eigenvalue weighted by Gasteiger charge is -2.24. The van der Waals surface area contributed by atoms with E-state index >= 15 is 0 Å². The van der Waals surface area contributed by atoms with Gasteiger partial charge in [0.1, 0.15) is 5.82 Å². The van der Waals surface area contributed by atoms with Crippen molar-refractivity contribution in [3.05, 3.63) is 56.2 Å². The van der Waals surface area contributed by atoms with Crippen LogP contribution in [0.3, 0.4) is 0 Å². The number of H-pyrrole nitrogens is 1. The number of aryl methyl sites for hydroxylation is 2. The molecular formula is C24H36N4O3. The van der Waals surface area contributed by atoms with Gasteiger partial charge in [0.25, 0.3) is 5.56 Å². The van der Waals surface area contributed by atoms with Crippen molar-refractivity contribution in [1.82, 2.24) is 9.55 Å². The zero-order chi connectivity index (χ0) is 22.8. The van der Waals surface area contributed by atoms with Crippen LogP contribution in [0.25, 0.3) is 0 Å². The SMILES string of the molecule is CCCCCN(C(=O)CCc1ccc(CC)cc1)c1c(N)n(CCCC)c(=O)[nH]c1=O. The molecule has 0 spiro atoms. The molecule has 0 aliphatic rings. The van der Waals surface area contributed by atoms with E-state index in [0.717, 1.165) is 44.1 Å². The number of nitrogens with two attached hydrogens (primary N) is 1. The molecule has 2 aromatic rings. The summed E-state index contributed by atoms with van der Waals surface area (Å²) in [6.45, 7) is 7.01. The summed E-state index contributed by atoms with van der Waals surface area (Å²) in [6.07, 6.45) is 6.16. The molecule has 7 nitrogen and oxygen atoms in total. The van der Waals surface area contributed by atoms with E-state index in [1.807, 2.05) is 19.1 Å². The van der Waals surface area contributed by atoms with E-state index in [2.05, 4.69) is 31.0 Å². The second kappa shape index (κ2) is 12.1. The van der Waals surface area contributed by atoms with Crippen molar-refractivity contribution in [2.45, 2.75) is 78.7 Å². The molecular weight excluding hydrogens is 392 g/mol. The molecule has 0 aliphatic carbocycles. The van der Waals surface area contributed by atoms with Crippen LogP contribution < -0.4 is 21.9 Å². The van der Waals surface area contributed by atoms with Crippen molar-refractivity contribution in [3.8, 4) is 0 Å². The molecule has 0 aliphatic heterocycles. The maximum absolute atomic E-state index is 13.2. The fourth-order valence-electron chi connectivity index (χ4n) is 3.59. The summed E-state index contributed by atoms with van der Waals surface area (Å²) in [5.41, 5.74) is 7.55. The Morgan fingerprint density at radius 1 is 1.00 bits per heavy atom. The van der Waals surface area contributed by atoms with Gasteiger partial charge < -0.3 is 10.6 Å². The van der Waals surface area contributed by atoms with E-state index in [-0.39, 0.29) is 23.8 Å². The molecule has 0 bridgehead atoms. The molecule has 0 saturated heterocycles. The number of amides is 1. The molecule has 0 radical (unpaired) electrons. The second-order valence-electron chi connectivity index (χ2n) is 7.92. The first-order valence-corrected chi connectivity index (χ1v) is 11.4. The number of unbranched alkanes of at least 4 members (excludes halogenated alkanes) is 3. The van der Waals surface area contributed by atoms with Crippen LogP contribution in [0, 0.1) is 0 Å². The predicted molar refractivity (Wildman–Crippen MR) is 127 cm³/mol. The Morgan fingerprint density at radius 3 is 2.26 bits per heavy atom. The Labute approximate surface area is 184 Å². The van der Waals surface area contributed by atoms with Crippen LogP contribution in [0.4, 0.5) is 11.5 Å². The first-order valence-electron chi connectivity index (χ1n) is 11.4. The quantitative estimate of drug-likeness (QED) is 0.504. The molecule has 0 saturated carbocycles. The van der Waals surface area contributed by atoms with Gasteiger partial charge in [-0.05, 0) is 36.8 Å². The fourth-order valence-corrected chi connectivity index (χ4v) is 3.59. The number of hydrogen-bond donors (Lipinski definition) is 2. The molecule has 0 atom stereocenters. The van der Waals surface area contributed by atoms with Gasteiger partial charge in [-0.3, -0.25) is 19.1 Å². The summed E-state index contributed by atoms with van der Waals surface area (Å²) < 4.78 is 1.36. The van der Waals surface area contributed by atoms with Gasteiger partial charge in [0.2, 0.25) is 5.91 Å². The van der Waals surface area contributed by atoms with Crippen LogP contribution >= 0.6 is 0 Å². The molecule has 1 amide bonds. The summed E-state index contributed by atoms with van der Waals surface area (Å²) in [5, 5.41) is 0. The number of anilines is 2. The lowest BCUT2D eigenvalue weighted by Crippen LogP contribution is -2.41. The van der Waals surface area contributed by atoms with Crippen molar-refractivity contribution < 1.29 is 4.79 Å². The number of carbonyl (C=O) groups is 1. The maximum Gasteiger partial charge on any atom is 0.330 e. The van der Waals surface area contributed by atoms with Gasteiger partial charge in [0, 0.05) is 19.5 Å². The molecule has 2 rings (SSSR count). The van der Waals surface area contributed by atoms with Crippen LogP contribution in [-0.2, 0) is 24.2 Å². The van der Waals surface area contributed by atoms with Crippen molar-refractivity contribution in [2.75, 3.05) is 17.2 Å². The molecule has 31 heavy (non-hydrogen) atoms. The summed E-state index contributed by atoms with van der Waals surface area (Å²) in [6, 6.07) is 8.23. The third-order valence-corrected chi connectivity index (χ3v) is 5.56. The van der Waals surface area contributed by atoms with Gasteiger partial charge in [-0.2, -0.15) is 0 Å². The highest BCUT2D eigenvalue weighted by atomic mass is 16.2. The highest BCUT2D eigenvalue weighted by Crippen LogP contribution is 2.20. The predicted octanol–water partition coefficient (Wildman–Crippen LogP) is 3.64. The van der Waals surface area contributed by atoms with Crippen LogP contribution in [0.2, 0.25) is 0 Å². The largest absolute Gasteiger partial charge is 0.383 e. The van der Waals surface area contributed by atoms with Gasteiger partial charge in [-0.15, -0.1) is 0 Å². The summed E-state index contributed by atoms with van der Waals surface area (Å²) >= 11 is 0. The van der Waals surface area contributed by atoms with Gasteiger partial charge >= 0.3 is 5.69 Å². The standard InChI is InChI=1S/C24H36N4O3/c1-4-7-9-17-27(20(29)15-14-19-12-10-18(6-3)11-13-19)21-22(25)28(16-8-5-2)24(31)26-23(21)30/h10-13H,4-9,14-17,25H2,1-3H3,(H,26,30,31). The van der Waals surface area contributed by atoms with E-state index in [1.165, 1.54) is 15.0 Å². The monoisotopic (exact) mass is 428 g/mol. The smallest absolute Gasteiger partial charge is 0.330 e. The van der Waals surface area contributed by atoms with E-state index in [1.54, 1.807) is 0 Å². The van der Waals surface area contributed by atoms with E-state index in [9.17, 15) is 14.4 Å². The first-order chi connectivity index (χ1) is 14.9. The minimum absolute atomic E-state index is 0.0688. The number of nitrogens with zero attached hydrogens (tertiary/aromatic N) is 2. The average Bonchev–Trinajstić information content (AvgIpc) is 2.76. The zero-order valence-electron chi connectivity index (χ0n) is 19.1. The Bertz CT molecular complexity index is 960. The highest BCUT2D eigenvalue weighted by molar-refractivity contribution is 5.95. The number of nitrogens with one attached hydrogen (secondary N) is 1. The molecule has 1 heterocycles. The minimum Gasteiger partial charge on any atom is -0.383 e. The molecule has 1 aromatic carbocycles. The molecule has 0 fully saturated rings. The van der Waals surface area contributed by atoms with Gasteiger partial charge in [0.05, 0.1) is 0 Å². The fraction of sp³-hybridized carbons (Fsp3) is 0.542. The van der Waals surface area contributed by atoms with Crippen LogP contribution in [-0.4, -0.2) is 22.0 Å². The Morgan fingerprint density at radius 2 is 1.65 bits per heavy atom. The number of benzene rings is 1. The number of nitrogen functional groups attached to an aromatic ring is 1. The van der Waals surface area contributed by atoms with Gasteiger partial charge in [-0.25, -0.2) is 4.79 Å². The van der Waals surface area contributed by atoms with Gasteiger partial charge in [0.15, 0.2) is 5.69 Å². The van der Waals surface area contributed by atoms with Crippen molar-refractivity contribution in [2.24, 2.45) is 0 Å². The van der Waals surface area contributed by atoms with Crippen LogP contribution in [0.15, 0.2) is 33.9 Å². The van der Waals surface area contributed by atoms with Gasteiger partial charge in [-0.1, -0.05) is 64.3 Å². The highest BCUT2D eigenvalue weighted by Gasteiger charge is 2.23. The van der Waals surface area contributed by atoms with Crippen molar-refractivity contribution in [1.29, 1.82) is 0 Å². The van der Waals surface area contributed by atoms with Crippen molar-refractivity contribution in [3.63, 3.8) is 0 Å². The number of aromatic amines is 1. The van der Waals surface area contributed by atoms with E-state index in [0.29, 0.717) is 19.5 Å². The Kier molecular flexibility index (Phi) is 9.56. The van der Waals surface area contributed by atoms with E-state index < -0.39 is 11.2 Å². The normalized spacial score (nSPS) is 10.9. The molecule has 0 unspecified atom stereocenters. The second-order valence-corrected chi connectivity index (χ2v) is 7.92. The molecule has 170 valence electrons. The number of rotatable bonds is 12. The third-order valence-electron chi connectivity index (χ3n) is 5.56. The minimum atomic E-state index is -0.604. The number of aromatic nitrogens is 2. The Balaban J connectivity index is 2.30. The lowest BCUT2D eigenvalue weighted by atomic mass is 10.1. The molecule has 3 N–H and O–H groups in total. The summed E-state index contributed by atoms with van der Waals surface area (Å²) in [4.78, 5) is 41.9. The number of carbonyl (C=O) groups excluding carboxylic acids is 1. The van der Waals surface area contributed by atoms with Crippen molar-refractivity contribution >= 4 is 17.4 Å². The average molecular weight is 429 g/mol. The summed E-state index contributed by atoms with van der Waals surface area (Å²) in [7, 11) is 0. The van der Waals surface area contributed by atoms with Crippen LogP contribution in [0.1, 0.15) is 70.4 Å². The topological polar surface area (TPSA) is 101 Å². The van der Waals surface area contributed by atoms with E-state index in [4.69, 9.17) is 5.73 Å².